The highest BCUT2D eigenvalue weighted by Gasteiger charge is 2.03. The molecule has 0 bridgehead atoms. The van der Waals surface area contributed by atoms with Crippen molar-refractivity contribution in [3.8, 4) is 0 Å². The Morgan fingerprint density at radius 3 is 1.85 bits per heavy atom. The van der Waals surface area contributed by atoms with Crippen LogP contribution in [0, 0.1) is 0 Å². The summed E-state index contributed by atoms with van der Waals surface area (Å²) in [7, 11) is 3.53. The average Bonchev–Trinajstić information content (AvgIpc) is 2.46. The van der Waals surface area contributed by atoms with E-state index < -0.39 is 0 Å². The molecule has 0 atom stereocenters. The van der Waals surface area contributed by atoms with E-state index in [0.29, 0.717) is 6.42 Å². The molecule has 0 aliphatic heterocycles. The molecule has 0 amide bonds. The first-order valence-electron chi connectivity index (χ1n) is 8.46. The van der Waals surface area contributed by atoms with Crippen LogP contribution in [0.5, 0.6) is 0 Å². The molecule has 0 aromatic carbocycles. The molecule has 120 valence electrons. The number of hydrogen-bond donors (Lipinski definition) is 0. The lowest BCUT2D eigenvalue weighted by Crippen LogP contribution is -2.23. The first kappa shape index (κ1) is 19.4. The highest BCUT2D eigenvalue weighted by molar-refractivity contribution is 5.69. The maximum Gasteiger partial charge on any atom is 0.306 e. The van der Waals surface area contributed by atoms with Crippen LogP contribution in [-0.2, 0) is 9.53 Å². The molecule has 0 saturated heterocycles. The largest absolute Gasteiger partial charge is 0.469 e. The Balaban J connectivity index is 3.17. The number of ether oxygens (including phenoxy) is 1. The lowest BCUT2D eigenvalue weighted by Gasteiger charge is -2.15. The summed E-state index contributed by atoms with van der Waals surface area (Å²) in [5.41, 5.74) is 0. The summed E-state index contributed by atoms with van der Waals surface area (Å²) in [4.78, 5) is 13.2. The van der Waals surface area contributed by atoms with Crippen LogP contribution in [0.4, 0.5) is 0 Å². The molecular formula is C17H35NO2. The fourth-order valence-electron chi connectivity index (χ4n) is 2.37. The molecule has 0 unspecified atom stereocenters. The van der Waals surface area contributed by atoms with Crippen molar-refractivity contribution in [2.45, 2.75) is 77.6 Å². The maximum atomic E-state index is 11.0. The van der Waals surface area contributed by atoms with E-state index in [1.165, 1.54) is 71.3 Å². The minimum Gasteiger partial charge on any atom is -0.469 e. The van der Waals surface area contributed by atoms with Gasteiger partial charge in [0.15, 0.2) is 0 Å². The molecule has 3 nitrogen and oxygen atoms in total. The van der Waals surface area contributed by atoms with Crippen molar-refractivity contribution in [2.75, 3.05) is 27.2 Å². The molecule has 0 rings (SSSR count). The van der Waals surface area contributed by atoms with E-state index in [4.69, 9.17) is 0 Å². The topological polar surface area (TPSA) is 29.5 Å². The molecule has 20 heavy (non-hydrogen) atoms. The van der Waals surface area contributed by atoms with E-state index in [1.807, 2.05) is 0 Å². The van der Waals surface area contributed by atoms with Crippen molar-refractivity contribution < 1.29 is 9.53 Å². The van der Waals surface area contributed by atoms with Gasteiger partial charge < -0.3 is 9.64 Å². The van der Waals surface area contributed by atoms with Crippen molar-refractivity contribution >= 4 is 5.97 Å². The van der Waals surface area contributed by atoms with Gasteiger partial charge in [-0.15, -0.1) is 0 Å². The Kier molecular flexibility index (Phi) is 14.4. The van der Waals surface area contributed by atoms with Crippen molar-refractivity contribution in [1.82, 2.24) is 4.90 Å². The first-order valence-corrected chi connectivity index (χ1v) is 8.46. The molecule has 0 aromatic heterocycles. The second kappa shape index (κ2) is 14.8. The maximum absolute atomic E-state index is 11.0. The fourth-order valence-corrected chi connectivity index (χ4v) is 2.37. The Bertz CT molecular complexity index is 219. The van der Waals surface area contributed by atoms with Gasteiger partial charge in [-0.05, 0) is 20.0 Å². The summed E-state index contributed by atoms with van der Waals surface area (Å²) in [6, 6.07) is 0. The van der Waals surface area contributed by atoms with E-state index in [2.05, 4.69) is 23.6 Å². The second-order valence-electron chi connectivity index (χ2n) is 5.81. The number of unbranched alkanes of at least 4 members (excludes halogenated alkanes) is 9. The molecule has 0 aliphatic rings. The zero-order valence-corrected chi connectivity index (χ0v) is 14.0. The minimum absolute atomic E-state index is 0.111. The predicted octanol–water partition coefficient (Wildman–Crippen LogP) is 4.40. The van der Waals surface area contributed by atoms with Crippen LogP contribution in [0.3, 0.4) is 0 Å². The number of hydrogen-bond acceptors (Lipinski definition) is 3. The van der Waals surface area contributed by atoms with Crippen LogP contribution in [0.25, 0.3) is 0 Å². The second-order valence-corrected chi connectivity index (χ2v) is 5.81. The number of rotatable bonds is 14. The van der Waals surface area contributed by atoms with Gasteiger partial charge in [-0.1, -0.05) is 64.7 Å². The Morgan fingerprint density at radius 2 is 1.35 bits per heavy atom. The third-order valence-electron chi connectivity index (χ3n) is 3.82. The highest BCUT2D eigenvalue weighted by atomic mass is 16.5. The first-order chi connectivity index (χ1) is 9.70. The van der Waals surface area contributed by atoms with E-state index in [1.54, 1.807) is 0 Å². The standard InChI is InChI=1S/C17H35NO2/c1-4-5-6-7-8-9-10-11-12-13-15-18(2)16-14-17(19)20-3/h4-16H2,1-3H3. The molecule has 0 N–H and O–H groups in total. The summed E-state index contributed by atoms with van der Waals surface area (Å²) < 4.78 is 4.64. The van der Waals surface area contributed by atoms with Gasteiger partial charge in [0, 0.05) is 6.54 Å². The van der Waals surface area contributed by atoms with Crippen molar-refractivity contribution in [2.24, 2.45) is 0 Å². The SMILES string of the molecule is CCCCCCCCCCCCN(C)CCC(=O)OC. The monoisotopic (exact) mass is 285 g/mol. The third-order valence-corrected chi connectivity index (χ3v) is 3.82. The Labute approximate surface area is 126 Å². The molecule has 0 spiro atoms. The zero-order valence-electron chi connectivity index (χ0n) is 14.0. The van der Waals surface area contributed by atoms with Gasteiger partial charge in [-0.2, -0.15) is 0 Å². The van der Waals surface area contributed by atoms with Gasteiger partial charge in [0.1, 0.15) is 0 Å². The van der Waals surface area contributed by atoms with Crippen molar-refractivity contribution in [3.63, 3.8) is 0 Å². The summed E-state index contributed by atoms with van der Waals surface area (Å²) >= 11 is 0. The Morgan fingerprint density at radius 1 is 0.850 bits per heavy atom. The third kappa shape index (κ3) is 13.9. The lowest BCUT2D eigenvalue weighted by molar-refractivity contribution is -0.140. The van der Waals surface area contributed by atoms with Gasteiger partial charge in [-0.25, -0.2) is 0 Å². The van der Waals surface area contributed by atoms with Gasteiger partial charge in [0.05, 0.1) is 13.5 Å². The summed E-state index contributed by atoms with van der Waals surface area (Å²) in [5.74, 6) is -0.111. The van der Waals surface area contributed by atoms with Crippen molar-refractivity contribution in [1.29, 1.82) is 0 Å². The molecule has 0 heterocycles. The molecule has 0 aromatic rings. The molecular weight excluding hydrogens is 250 g/mol. The highest BCUT2D eigenvalue weighted by Crippen LogP contribution is 2.10. The fraction of sp³-hybridized carbons (Fsp3) is 0.941. The van der Waals surface area contributed by atoms with Gasteiger partial charge in [-0.3, -0.25) is 4.79 Å². The van der Waals surface area contributed by atoms with E-state index in [0.717, 1.165) is 13.1 Å². The van der Waals surface area contributed by atoms with Crippen LogP contribution in [0.15, 0.2) is 0 Å². The van der Waals surface area contributed by atoms with Crippen LogP contribution in [0.2, 0.25) is 0 Å². The number of esters is 1. The van der Waals surface area contributed by atoms with E-state index in [9.17, 15) is 4.79 Å². The number of methoxy groups -OCH3 is 1. The van der Waals surface area contributed by atoms with E-state index >= 15 is 0 Å². The number of nitrogens with zero attached hydrogens (tertiary/aromatic N) is 1. The van der Waals surface area contributed by atoms with Crippen LogP contribution in [-0.4, -0.2) is 38.1 Å². The molecule has 0 fully saturated rings. The molecule has 3 heteroatoms. The zero-order chi connectivity index (χ0) is 15.1. The lowest BCUT2D eigenvalue weighted by atomic mass is 10.1. The van der Waals surface area contributed by atoms with Crippen LogP contribution >= 0.6 is 0 Å². The number of carbonyl (C=O) groups excluding carboxylic acids is 1. The average molecular weight is 285 g/mol. The van der Waals surface area contributed by atoms with Crippen molar-refractivity contribution in [3.05, 3.63) is 0 Å². The Hall–Kier alpha value is -0.570. The van der Waals surface area contributed by atoms with Gasteiger partial charge in [0.2, 0.25) is 0 Å². The summed E-state index contributed by atoms with van der Waals surface area (Å²) in [6.45, 7) is 4.17. The van der Waals surface area contributed by atoms with Crippen LogP contribution in [0.1, 0.15) is 77.6 Å². The van der Waals surface area contributed by atoms with Crippen LogP contribution < -0.4 is 0 Å². The molecule has 0 saturated carbocycles. The molecule has 0 aliphatic carbocycles. The summed E-state index contributed by atoms with van der Waals surface area (Å²) in [6.07, 6.45) is 14.2. The van der Waals surface area contributed by atoms with Gasteiger partial charge >= 0.3 is 5.97 Å². The quantitative estimate of drug-likeness (QED) is 0.350. The predicted molar refractivity (Wildman–Crippen MR) is 86.0 cm³/mol. The minimum atomic E-state index is -0.111. The van der Waals surface area contributed by atoms with Gasteiger partial charge in [0.25, 0.3) is 0 Å². The smallest absolute Gasteiger partial charge is 0.306 e. The van der Waals surface area contributed by atoms with E-state index in [-0.39, 0.29) is 5.97 Å². The summed E-state index contributed by atoms with van der Waals surface area (Å²) in [5, 5.41) is 0. The molecule has 0 radical (unpaired) electrons. The normalized spacial score (nSPS) is 11.0. The number of carbonyl (C=O) groups is 1.